The summed E-state index contributed by atoms with van der Waals surface area (Å²) in [5, 5.41) is -0.153. The van der Waals surface area contributed by atoms with Crippen LogP contribution in [0, 0.1) is 5.92 Å². The number of hydrogen-bond acceptors (Lipinski definition) is 7. The normalized spacial score (nSPS) is 14.9. The van der Waals surface area contributed by atoms with Crippen LogP contribution in [0.15, 0.2) is 23.4 Å². The number of pyridine rings is 1. The molecule has 7 nitrogen and oxygen atoms in total. The van der Waals surface area contributed by atoms with E-state index in [2.05, 4.69) is 4.98 Å². The second-order valence-corrected chi connectivity index (χ2v) is 6.70. The summed E-state index contributed by atoms with van der Waals surface area (Å²) >= 11 is 0.138. The number of esters is 2. The van der Waals surface area contributed by atoms with Crippen LogP contribution >= 0.6 is 11.8 Å². The molecule has 1 saturated heterocycles. The van der Waals surface area contributed by atoms with Crippen molar-refractivity contribution >= 4 is 29.6 Å². The van der Waals surface area contributed by atoms with E-state index in [0.717, 1.165) is 0 Å². The number of likely N-dealkylation sites (tertiary alicyclic amines) is 1. The average molecular weight is 402 g/mol. The first kappa shape index (κ1) is 21.1. The van der Waals surface area contributed by atoms with Crippen LogP contribution in [0.2, 0.25) is 0 Å². The molecule has 1 aromatic heterocycles. The van der Waals surface area contributed by atoms with Crippen LogP contribution in [0.4, 0.5) is 8.78 Å². The van der Waals surface area contributed by atoms with Crippen molar-refractivity contribution in [2.45, 2.75) is 30.5 Å². The Morgan fingerprint density at radius 3 is 2.63 bits per heavy atom. The Morgan fingerprint density at radius 1 is 1.30 bits per heavy atom. The highest BCUT2D eigenvalue weighted by atomic mass is 32.2. The van der Waals surface area contributed by atoms with E-state index >= 15 is 0 Å². The maximum Gasteiger partial charge on any atom is 0.341 e. The molecule has 10 heteroatoms. The fraction of sp³-hybridized carbons (Fsp3) is 0.529. The third-order valence-electron chi connectivity index (χ3n) is 3.99. The number of ether oxygens (including phenoxy) is 2. The zero-order valence-corrected chi connectivity index (χ0v) is 15.5. The molecule has 148 valence electrons. The first-order valence-corrected chi connectivity index (χ1v) is 9.31. The molecular weight excluding hydrogens is 382 g/mol. The van der Waals surface area contributed by atoms with Crippen molar-refractivity contribution in [3.8, 4) is 0 Å². The molecule has 1 aliphatic rings. The lowest BCUT2D eigenvalue weighted by molar-refractivity contribution is -0.151. The smallest absolute Gasteiger partial charge is 0.341 e. The van der Waals surface area contributed by atoms with E-state index < -0.39 is 24.2 Å². The number of amides is 1. The van der Waals surface area contributed by atoms with E-state index in [9.17, 15) is 23.2 Å². The van der Waals surface area contributed by atoms with Crippen LogP contribution in [0.1, 0.15) is 30.1 Å². The van der Waals surface area contributed by atoms with Gasteiger partial charge in [-0.1, -0.05) is 0 Å². The van der Waals surface area contributed by atoms with Crippen LogP contribution in [-0.4, -0.2) is 59.8 Å². The molecule has 1 fully saturated rings. The van der Waals surface area contributed by atoms with E-state index in [1.54, 1.807) is 6.92 Å². The summed E-state index contributed by atoms with van der Waals surface area (Å²) in [5.41, 5.74) is -0.114. The largest absolute Gasteiger partial charge is 0.466 e. The Kier molecular flexibility index (Phi) is 7.96. The Labute approximate surface area is 159 Å². The van der Waals surface area contributed by atoms with Crippen molar-refractivity contribution in [3.05, 3.63) is 23.9 Å². The molecule has 0 radical (unpaired) electrons. The standard InChI is InChI=1S/C17H20F2N2O5S/c1-2-25-15(23)11-5-8-21(9-6-11)13(22)10-26-16(24)12-4-3-7-20-14(12)27-17(18)19/h3-4,7,11,17H,2,5-6,8-10H2,1H3. The Balaban J connectivity index is 1.84. The van der Waals surface area contributed by atoms with Crippen molar-refractivity contribution in [2.24, 2.45) is 5.92 Å². The Morgan fingerprint density at radius 2 is 2.00 bits per heavy atom. The SMILES string of the molecule is CCOC(=O)C1CCN(C(=O)COC(=O)c2cccnc2SC(F)F)CC1. The highest BCUT2D eigenvalue weighted by molar-refractivity contribution is 7.99. The van der Waals surface area contributed by atoms with Crippen molar-refractivity contribution in [1.29, 1.82) is 0 Å². The summed E-state index contributed by atoms with van der Waals surface area (Å²) in [6.45, 7) is 2.27. The van der Waals surface area contributed by atoms with E-state index in [4.69, 9.17) is 9.47 Å². The zero-order valence-electron chi connectivity index (χ0n) is 14.7. The maximum atomic E-state index is 12.5. The number of carbonyl (C=O) groups is 3. The van der Waals surface area contributed by atoms with Gasteiger partial charge in [-0.05, 0) is 43.7 Å². The zero-order chi connectivity index (χ0) is 19.8. The summed E-state index contributed by atoms with van der Waals surface area (Å²) < 4.78 is 35.0. The molecule has 2 rings (SSSR count). The third kappa shape index (κ3) is 6.16. The second kappa shape index (κ2) is 10.2. The molecule has 2 heterocycles. The summed E-state index contributed by atoms with van der Waals surface area (Å²) in [6, 6.07) is 2.74. The monoisotopic (exact) mass is 402 g/mol. The quantitative estimate of drug-likeness (QED) is 0.511. The molecule has 0 unspecified atom stereocenters. The van der Waals surface area contributed by atoms with Gasteiger partial charge in [0.2, 0.25) is 0 Å². The molecule has 0 spiro atoms. The van der Waals surface area contributed by atoms with Gasteiger partial charge in [0, 0.05) is 19.3 Å². The number of hydrogen-bond donors (Lipinski definition) is 0. The number of thioether (sulfide) groups is 1. The minimum absolute atomic E-state index is 0.114. The van der Waals surface area contributed by atoms with Gasteiger partial charge in [0.15, 0.2) is 6.61 Å². The van der Waals surface area contributed by atoms with Crippen LogP contribution in [0.3, 0.4) is 0 Å². The number of halogens is 2. The molecule has 1 aliphatic heterocycles. The summed E-state index contributed by atoms with van der Waals surface area (Å²) in [5.74, 6) is -4.52. The minimum atomic E-state index is -2.73. The van der Waals surface area contributed by atoms with Crippen molar-refractivity contribution in [1.82, 2.24) is 9.88 Å². The van der Waals surface area contributed by atoms with Gasteiger partial charge < -0.3 is 14.4 Å². The Bertz CT molecular complexity index is 681. The average Bonchev–Trinajstić information content (AvgIpc) is 2.66. The third-order valence-corrected chi connectivity index (χ3v) is 4.71. The number of alkyl halides is 2. The van der Waals surface area contributed by atoms with Gasteiger partial charge in [-0.25, -0.2) is 9.78 Å². The number of nitrogens with zero attached hydrogens (tertiary/aromatic N) is 2. The van der Waals surface area contributed by atoms with Crippen LogP contribution in [0.5, 0.6) is 0 Å². The van der Waals surface area contributed by atoms with Gasteiger partial charge in [0.1, 0.15) is 5.03 Å². The van der Waals surface area contributed by atoms with Crippen molar-refractivity contribution in [2.75, 3.05) is 26.3 Å². The molecule has 0 saturated carbocycles. The predicted octanol–water partition coefficient (Wildman–Crippen LogP) is 2.35. The van der Waals surface area contributed by atoms with Gasteiger partial charge in [-0.3, -0.25) is 9.59 Å². The van der Waals surface area contributed by atoms with E-state index in [0.29, 0.717) is 32.5 Å². The van der Waals surface area contributed by atoms with E-state index in [-0.39, 0.29) is 34.2 Å². The van der Waals surface area contributed by atoms with Crippen molar-refractivity contribution in [3.63, 3.8) is 0 Å². The molecule has 0 atom stereocenters. The fourth-order valence-electron chi connectivity index (χ4n) is 2.65. The molecule has 0 aromatic carbocycles. The number of rotatable bonds is 7. The van der Waals surface area contributed by atoms with Crippen LogP contribution in [0.25, 0.3) is 0 Å². The molecule has 1 amide bonds. The fourth-order valence-corrected chi connectivity index (χ4v) is 3.21. The second-order valence-electron chi connectivity index (χ2n) is 5.72. The highest BCUT2D eigenvalue weighted by Gasteiger charge is 2.28. The molecule has 1 aromatic rings. The molecule has 0 bridgehead atoms. The summed E-state index contributed by atoms with van der Waals surface area (Å²) in [4.78, 5) is 41.2. The van der Waals surface area contributed by atoms with Gasteiger partial charge in [0.25, 0.3) is 11.7 Å². The first-order valence-electron chi connectivity index (χ1n) is 8.43. The topological polar surface area (TPSA) is 85.8 Å². The molecular formula is C17H20F2N2O5S. The number of aromatic nitrogens is 1. The number of carbonyl (C=O) groups excluding carboxylic acids is 3. The lowest BCUT2D eigenvalue weighted by atomic mass is 9.97. The van der Waals surface area contributed by atoms with E-state index in [1.165, 1.54) is 23.2 Å². The highest BCUT2D eigenvalue weighted by Crippen LogP contribution is 2.26. The van der Waals surface area contributed by atoms with Gasteiger partial charge >= 0.3 is 11.9 Å². The first-order chi connectivity index (χ1) is 12.9. The van der Waals surface area contributed by atoms with E-state index in [1.807, 2.05) is 0 Å². The van der Waals surface area contributed by atoms with Crippen molar-refractivity contribution < 1.29 is 32.6 Å². The maximum absolute atomic E-state index is 12.5. The Hall–Kier alpha value is -2.23. The van der Waals surface area contributed by atoms with Gasteiger partial charge in [-0.15, -0.1) is 0 Å². The van der Waals surface area contributed by atoms with Crippen LogP contribution < -0.4 is 0 Å². The lowest BCUT2D eigenvalue weighted by Gasteiger charge is -2.30. The predicted molar refractivity (Wildman–Crippen MR) is 92.3 cm³/mol. The molecule has 27 heavy (non-hydrogen) atoms. The lowest BCUT2D eigenvalue weighted by Crippen LogP contribution is -2.42. The number of piperidine rings is 1. The minimum Gasteiger partial charge on any atom is -0.466 e. The molecule has 0 N–H and O–H groups in total. The summed E-state index contributed by atoms with van der Waals surface area (Å²) in [6.07, 6.45) is 2.26. The van der Waals surface area contributed by atoms with Gasteiger partial charge in [-0.2, -0.15) is 8.78 Å². The summed E-state index contributed by atoms with van der Waals surface area (Å²) in [7, 11) is 0. The van der Waals surface area contributed by atoms with Crippen LogP contribution in [-0.2, 0) is 19.1 Å². The molecule has 0 aliphatic carbocycles. The van der Waals surface area contributed by atoms with Gasteiger partial charge in [0.05, 0.1) is 18.1 Å².